The van der Waals surface area contributed by atoms with Crippen LogP contribution in [0.2, 0.25) is 0 Å². The third kappa shape index (κ3) is 14.5. The molecular formula is C50H79N9O7S7. The van der Waals surface area contributed by atoms with Gasteiger partial charge in [0.05, 0.1) is 34.8 Å². The summed E-state index contributed by atoms with van der Waals surface area (Å²) in [6, 6.07) is 7.13. The van der Waals surface area contributed by atoms with Crippen molar-refractivity contribution >= 4 is 133 Å². The lowest BCUT2D eigenvalue weighted by Crippen LogP contribution is -2.63. The number of nitrogens with one attached hydrogen (secondary N) is 2. The third-order valence-electron chi connectivity index (χ3n) is 13.8. The number of thiazole rings is 1. The van der Waals surface area contributed by atoms with Gasteiger partial charge < -0.3 is 34.1 Å². The third-order valence-corrected chi connectivity index (χ3v) is 14.7. The number of nitrogens with zero attached hydrogens (tertiary/aromatic N) is 7. The van der Waals surface area contributed by atoms with Gasteiger partial charge in [-0.25, -0.2) is 15.2 Å². The molecule has 3 aromatic heterocycles. The summed E-state index contributed by atoms with van der Waals surface area (Å²) < 4.78 is 14.2. The van der Waals surface area contributed by atoms with Crippen molar-refractivity contribution in [2.24, 2.45) is 11.3 Å². The lowest BCUT2D eigenvalue weighted by atomic mass is 9.84. The molecule has 1 saturated heterocycles. The first-order valence-electron chi connectivity index (χ1n) is 23.4. The summed E-state index contributed by atoms with van der Waals surface area (Å²) in [6.07, 6.45) is 5.67. The minimum absolute atomic E-state index is 0. The predicted octanol–water partition coefficient (Wildman–Crippen LogP) is 7.06. The zero-order valence-electron chi connectivity index (χ0n) is 43.6. The van der Waals surface area contributed by atoms with Gasteiger partial charge in [0.1, 0.15) is 18.1 Å². The fourth-order valence-corrected chi connectivity index (χ4v) is 10.6. The number of amides is 5. The van der Waals surface area contributed by atoms with E-state index in [0.717, 1.165) is 44.7 Å². The Balaban J connectivity index is 0.00000444. The summed E-state index contributed by atoms with van der Waals surface area (Å²) in [5, 5.41) is 8.11. The Bertz CT molecular complexity index is 2540. The maximum absolute atomic E-state index is 14.7. The Kier molecular flexibility index (Phi) is 26.4. The number of rotatable bonds is 11. The predicted molar refractivity (Wildman–Crippen MR) is 321 cm³/mol. The molecule has 23 heteroatoms. The SMILES string of the molecule is C=CC(=O)N(C)C1CC(N(C)C(=O)N(C)[C@H](C(=O)N[C@H]2Cc3nc(cs3)-c3ccc4c(c3)c(c(-c3cccnc3[C@H](C)OC)n4CC)CC(C)(C)COC(=O)[C@@H]3CCCN(N3)C2=O)C(C)C)C1.S.S.S.S.S.S. The lowest BCUT2D eigenvalue weighted by Gasteiger charge is -2.46. The van der Waals surface area contributed by atoms with Crippen LogP contribution in [0.5, 0.6) is 0 Å². The normalized spacial score (nSPS) is 19.9. The van der Waals surface area contributed by atoms with Crippen LogP contribution in [0.15, 0.2) is 54.6 Å². The number of pyridine rings is 1. The molecule has 6 bridgehead atoms. The summed E-state index contributed by atoms with van der Waals surface area (Å²) in [6.45, 7) is 16.8. The van der Waals surface area contributed by atoms with Crippen LogP contribution in [0.3, 0.4) is 0 Å². The highest BCUT2D eigenvalue weighted by Crippen LogP contribution is 2.42. The molecule has 5 heterocycles. The van der Waals surface area contributed by atoms with Crippen LogP contribution in [0.4, 0.5) is 4.79 Å². The van der Waals surface area contributed by atoms with Gasteiger partial charge in [0.25, 0.3) is 5.91 Å². The van der Waals surface area contributed by atoms with E-state index in [-0.39, 0.29) is 130 Å². The van der Waals surface area contributed by atoms with Gasteiger partial charge in [0, 0.05) is 98.9 Å². The number of cyclic esters (lactones) is 1. The van der Waals surface area contributed by atoms with Gasteiger partial charge in [0.2, 0.25) is 11.8 Å². The number of hydrogen-bond donors (Lipinski definition) is 2. The monoisotopic (exact) mass is 1140 g/mol. The van der Waals surface area contributed by atoms with E-state index >= 15 is 0 Å². The van der Waals surface area contributed by atoms with E-state index in [9.17, 15) is 24.0 Å². The van der Waals surface area contributed by atoms with Crippen LogP contribution in [-0.4, -0.2) is 136 Å². The smallest absolute Gasteiger partial charge is 0.324 e. The fourth-order valence-electron chi connectivity index (χ4n) is 9.79. The molecule has 16 nitrogen and oxygen atoms in total. The fraction of sp³-hybridized carbons (Fsp3) is 0.540. The van der Waals surface area contributed by atoms with E-state index in [1.807, 2.05) is 32.2 Å². The number of aryl methyl sites for hydroxylation is 1. The molecule has 5 amide bonds. The molecule has 2 N–H and O–H groups in total. The summed E-state index contributed by atoms with van der Waals surface area (Å²) in [5.41, 5.74) is 9.26. The minimum Gasteiger partial charge on any atom is -0.464 e. The van der Waals surface area contributed by atoms with Crippen LogP contribution in [0, 0.1) is 11.3 Å². The van der Waals surface area contributed by atoms with Gasteiger partial charge in [0.15, 0.2) is 0 Å². The number of carbonyl (C=O) groups excluding carboxylic acids is 5. The Hall–Kier alpha value is -3.55. The summed E-state index contributed by atoms with van der Waals surface area (Å²) in [4.78, 5) is 83.8. The maximum Gasteiger partial charge on any atom is 0.324 e. The lowest BCUT2D eigenvalue weighted by molar-refractivity contribution is -0.155. The largest absolute Gasteiger partial charge is 0.464 e. The molecule has 408 valence electrons. The molecule has 0 unspecified atom stereocenters. The second kappa shape index (κ2) is 28.5. The van der Waals surface area contributed by atoms with E-state index in [2.05, 4.69) is 66.9 Å². The molecule has 4 atom stereocenters. The second-order valence-electron chi connectivity index (χ2n) is 19.4. The van der Waals surface area contributed by atoms with Crippen LogP contribution in [-0.2, 0) is 48.0 Å². The van der Waals surface area contributed by atoms with E-state index in [4.69, 9.17) is 19.4 Å². The highest BCUT2D eigenvalue weighted by Gasteiger charge is 2.42. The molecule has 1 aromatic carbocycles. The van der Waals surface area contributed by atoms with Gasteiger partial charge in [-0.1, -0.05) is 40.3 Å². The van der Waals surface area contributed by atoms with Crippen molar-refractivity contribution in [1.29, 1.82) is 0 Å². The summed E-state index contributed by atoms with van der Waals surface area (Å²) >= 11 is 1.41. The number of likely N-dealkylation sites (N-methyl/N-ethyl adjacent to an activating group) is 2. The summed E-state index contributed by atoms with van der Waals surface area (Å²) in [7, 11) is 6.72. The Labute approximate surface area is 477 Å². The number of methoxy groups -OCH3 is 1. The molecule has 7 rings (SSSR count). The molecule has 3 aliphatic rings. The Morgan fingerprint density at radius 1 is 1.03 bits per heavy atom. The Morgan fingerprint density at radius 2 is 1.70 bits per heavy atom. The highest BCUT2D eigenvalue weighted by molar-refractivity contribution is 7.60. The number of benzene rings is 1. The maximum atomic E-state index is 14.7. The van der Waals surface area contributed by atoms with Crippen molar-refractivity contribution in [3.05, 3.63) is 70.8 Å². The van der Waals surface area contributed by atoms with Gasteiger partial charge in [-0.05, 0) is 87.8 Å². The number of carbonyl (C=O) groups is 5. The van der Waals surface area contributed by atoms with Crippen LogP contribution < -0.4 is 10.7 Å². The second-order valence-corrected chi connectivity index (χ2v) is 20.3. The molecule has 1 saturated carbocycles. The number of hydrazine groups is 1. The number of aromatic nitrogens is 3. The quantitative estimate of drug-likeness (QED) is 0.117. The summed E-state index contributed by atoms with van der Waals surface area (Å²) in [5.74, 6) is -1.86. The number of esters is 1. The molecule has 73 heavy (non-hydrogen) atoms. The van der Waals surface area contributed by atoms with Gasteiger partial charge in [-0.15, -0.1) is 11.3 Å². The van der Waals surface area contributed by atoms with Gasteiger partial charge in [-0.2, -0.15) is 81.0 Å². The van der Waals surface area contributed by atoms with Gasteiger partial charge >= 0.3 is 12.0 Å². The molecule has 0 spiro atoms. The number of urea groups is 1. The average molecular weight is 1140 g/mol. The van der Waals surface area contributed by atoms with Crippen LogP contribution in [0.1, 0.15) is 89.6 Å². The topological polar surface area (TPSA) is 172 Å². The van der Waals surface area contributed by atoms with Crippen molar-refractivity contribution in [1.82, 2.24) is 45.0 Å². The van der Waals surface area contributed by atoms with E-state index in [0.29, 0.717) is 50.2 Å². The molecular weight excluding hydrogens is 1060 g/mol. The van der Waals surface area contributed by atoms with Crippen molar-refractivity contribution in [2.45, 2.75) is 123 Å². The first-order valence-corrected chi connectivity index (χ1v) is 24.3. The zero-order chi connectivity index (χ0) is 48.5. The van der Waals surface area contributed by atoms with Crippen LogP contribution in [0.25, 0.3) is 33.4 Å². The molecule has 1 aliphatic carbocycles. The van der Waals surface area contributed by atoms with E-state index in [1.165, 1.54) is 27.3 Å². The van der Waals surface area contributed by atoms with Crippen molar-refractivity contribution in [3.8, 4) is 22.5 Å². The first-order chi connectivity index (χ1) is 31.9. The van der Waals surface area contributed by atoms with E-state index < -0.39 is 41.3 Å². The van der Waals surface area contributed by atoms with Crippen molar-refractivity contribution in [3.63, 3.8) is 0 Å². The van der Waals surface area contributed by atoms with Crippen molar-refractivity contribution in [2.75, 3.05) is 41.4 Å². The molecule has 0 radical (unpaired) electrons. The molecule has 2 aliphatic heterocycles. The van der Waals surface area contributed by atoms with Gasteiger partial charge in [-0.3, -0.25) is 29.2 Å². The Morgan fingerprint density at radius 3 is 2.33 bits per heavy atom. The molecule has 2 fully saturated rings. The standard InChI is InChI=1S/C50H67N9O7S.6H2S/c1-12-42(60)55(8)32-23-33(24-32)56(9)49(64)57(10)44(29(3)4)46(61)53-38-25-41-52-39(27-67-41)31-18-19-40-35(22-31)36(45(58(40)13-2)34-16-14-20-51-43(34)30(5)65-11)26-50(6,7)28-66-48(63)37-17-15-21-59(54-37)47(38)62;;;;;;/h12,14,16,18-20,22,27,29-30,32-33,37-38,44,54H,1,13,15,17,21,23-26,28H2,2-11H3,(H,53,61);6*1H2/t30-,32?,33?,37-,38-,44-;;;;;;/m0....../s1. The first kappa shape index (κ1) is 67.5. The number of ether oxygens (including phenoxy) is 2. The number of fused-ring (bicyclic) bond motifs is 6. The number of hydrogen-bond acceptors (Lipinski definition) is 11. The van der Waals surface area contributed by atoms with Crippen molar-refractivity contribution < 1.29 is 33.4 Å². The zero-order valence-corrected chi connectivity index (χ0v) is 50.4. The highest BCUT2D eigenvalue weighted by atomic mass is 32.1. The minimum atomic E-state index is -1.09. The van der Waals surface area contributed by atoms with Crippen LogP contribution >= 0.6 is 92.3 Å². The average Bonchev–Trinajstić information content (AvgIpc) is 3.89. The molecule has 4 aromatic rings. The van der Waals surface area contributed by atoms with E-state index in [1.54, 1.807) is 44.2 Å².